The largest absolute Gasteiger partial charge is 0.390 e. The molecule has 0 bridgehead atoms. The van der Waals surface area contributed by atoms with Gasteiger partial charge in [-0.2, -0.15) is 0 Å². The van der Waals surface area contributed by atoms with Gasteiger partial charge in [-0.05, 0) is 18.1 Å². The maximum absolute atomic E-state index is 11.4. The Hall–Kier alpha value is -1.42. The number of amides is 1. The van der Waals surface area contributed by atoms with Crippen molar-refractivity contribution in [2.24, 2.45) is 5.92 Å². The molecule has 4 heteroatoms. The van der Waals surface area contributed by atoms with Crippen molar-refractivity contribution in [3.05, 3.63) is 23.9 Å². The molecule has 0 unspecified atom stereocenters. The summed E-state index contributed by atoms with van der Waals surface area (Å²) in [6.45, 7) is 3.85. The van der Waals surface area contributed by atoms with E-state index < -0.39 is 0 Å². The van der Waals surface area contributed by atoms with Gasteiger partial charge in [-0.3, -0.25) is 4.79 Å². The molecule has 0 aromatic carbocycles. The van der Waals surface area contributed by atoms with E-state index in [0.29, 0.717) is 23.9 Å². The molecule has 0 radical (unpaired) electrons. The van der Waals surface area contributed by atoms with Gasteiger partial charge in [0.1, 0.15) is 5.82 Å². The van der Waals surface area contributed by atoms with Crippen molar-refractivity contribution in [1.82, 2.24) is 4.98 Å². The minimum atomic E-state index is -0.117. The Morgan fingerprint density at radius 2 is 2.27 bits per heavy atom. The fourth-order valence-electron chi connectivity index (χ4n) is 1.20. The predicted octanol–water partition coefficient (Wildman–Crippen LogP) is 1.56. The lowest BCUT2D eigenvalue weighted by molar-refractivity contribution is -0.116. The molecule has 0 atom stereocenters. The highest BCUT2D eigenvalue weighted by molar-refractivity contribution is 5.89. The quantitative estimate of drug-likeness (QED) is 0.789. The van der Waals surface area contributed by atoms with E-state index in [4.69, 9.17) is 5.11 Å². The number of pyridine rings is 1. The van der Waals surface area contributed by atoms with E-state index in [1.54, 1.807) is 18.2 Å². The Labute approximate surface area is 89.3 Å². The van der Waals surface area contributed by atoms with Crippen molar-refractivity contribution < 1.29 is 9.90 Å². The third kappa shape index (κ3) is 4.08. The van der Waals surface area contributed by atoms with Gasteiger partial charge in [-0.15, -0.1) is 0 Å². The molecule has 82 valence electrons. The van der Waals surface area contributed by atoms with Gasteiger partial charge < -0.3 is 10.4 Å². The number of aromatic nitrogens is 1. The Balaban J connectivity index is 2.60. The first-order chi connectivity index (χ1) is 7.11. The minimum absolute atomic E-state index is 0.0485. The highest BCUT2D eigenvalue weighted by Gasteiger charge is 2.05. The molecule has 0 aliphatic heterocycles. The van der Waals surface area contributed by atoms with Gasteiger partial charge in [0.2, 0.25) is 5.91 Å². The van der Waals surface area contributed by atoms with Crippen molar-refractivity contribution in [2.75, 3.05) is 5.32 Å². The van der Waals surface area contributed by atoms with E-state index in [1.165, 1.54) is 0 Å². The number of anilines is 1. The van der Waals surface area contributed by atoms with Crippen LogP contribution in [0.5, 0.6) is 0 Å². The molecule has 15 heavy (non-hydrogen) atoms. The van der Waals surface area contributed by atoms with Gasteiger partial charge in [0, 0.05) is 6.42 Å². The normalized spacial score (nSPS) is 10.4. The predicted molar refractivity (Wildman–Crippen MR) is 58.2 cm³/mol. The summed E-state index contributed by atoms with van der Waals surface area (Å²) in [4.78, 5) is 15.5. The van der Waals surface area contributed by atoms with Crippen molar-refractivity contribution in [3.8, 4) is 0 Å². The van der Waals surface area contributed by atoms with Gasteiger partial charge in [-0.1, -0.05) is 19.9 Å². The van der Waals surface area contributed by atoms with Gasteiger partial charge >= 0.3 is 0 Å². The summed E-state index contributed by atoms with van der Waals surface area (Å²) in [6.07, 6.45) is 0.477. The van der Waals surface area contributed by atoms with E-state index in [2.05, 4.69) is 10.3 Å². The Bertz CT molecular complexity index is 337. The van der Waals surface area contributed by atoms with Crippen LogP contribution in [0.25, 0.3) is 0 Å². The van der Waals surface area contributed by atoms with Crippen molar-refractivity contribution in [3.63, 3.8) is 0 Å². The first-order valence-electron chi connectivity index (χ1n) is 4.98. The summed E-state index contributed by atoms with van der Waals surface area (Å²) < 4.78 is 0. The van der Waals surface area contributed by atoms with Crippen LogP contribution in [0.3, 0.4) is 0 Å². The van der Waals surface area contributed by atoms with E-state index >= 15 is 0 Å². The standard InChI is InChI=1S/C11H16N2O2/c1-8(2)6-11(15)13-10-5-3-4-9(7-14)12-10/h3-5,8,14H,6-7H2,1-2H3,(H,12,13,15). The highest BCUT2D eigenvalue weighted by atomic mass is 16.3. The van der Waals surface area contributed by atoms with Crippen LogP contribution in [0.2, 0.25) is 0 Å². The Morgan fingerprint density at radius 1 is 1.53 bits per heavy atom. The number of aliphatic hydroxyl groups is 1. The molecule has 1 heterocycles. The lowest BCUT2D eigenvalue weighted by Gasteiger charge is -2.06. The molecule has 0 fully saturated rings. The molecular formula is C11H16N2O2. The summed E-state index contributed by atoms with van der Waals surface area (Å²) in [6, 6.07) is 5.17. The van der Waals surface area contributed by atoms with Crippen LogP contribution in [-0.2, 0) is 11.4 Å². The average molecular weight is 208 g/mol. The molecule has 4 nitrogen and oxygen atoms in total. The third-order valence-electron chi connectivity index (χ3n) is 1.83. The van der Waals surface area contributed by atoms with Crippen molar-refractivity contribution in [1.29, 1.82) is 0 Å². The molecule has 0 aliphatic carbocycles. The molecule has 1 aromatic rings. The number of carbonyl (C=O) groups excluding carboxylic acids is 1. The summed E-state index contributed by atoms with van der Waals surface area (Å²) in [5, 5.41) is 11.6. The molecular weight excluding hydrogens is 192 g/mol. The molecule has 0 saturated heterocycles. The molecule has 0 spiro atoms. The summed E-state index contributed by atoms with van der Waals surface area (Å²) in [5.41, 5.74) is 0.553. The fraction of sp³-hybridized carbons (Fsp3) is 0.455. The van der Waals surface area contributed by atoms with Crippen LogP contribution in [0.4, 0.5) is 5.82 Å². The Kier molecular flexibility index (Phi) is 4.24. The fourth-order valence-corrected chi connectivity index (χ4v) is 1.20. The minimum Gasteiger partial charge on any atom is -0.390 e. The molecule has 1 rings (SSSR count). The number of hydrogen-bond donors (Lipinski definition) is 2. The van der Waals surface area contributed by atoms with E-state index in [0.717, 1.165) is 0 Å². The zero-order valence-electron chi connectivity index (χ0n) is 9.03. The van der Waals surface area contributed by atoms with Crippen molar-refractivity contribution >= 4 is 11.7 Å². The number of nitrogens with zero attached hydrogens (tertiary/aromatic N) is 1. The highest BCUT2D eigenvalue weighted by Crippen LogP contribution is 2.07. The summed E-state index contributed by atoms with van der Waals surface area (Å²) >= 11 is 0. The smallest absolute Gasteiger partial charge is 0.225 e. The zero-order chi connectivity index (χ0) is 11.3. The molecule has 1 amide bonds. The molecule has 0 aliphatic rings. The second-order valence-electron chi connectivity index (χ2n) is 3.82. The average Bonchev–Trinajstić information content (AvgIpc) is 2.16. The molecule has 1 aromatic heterocycles. The van der Waals surface area contributed by atoms with Crippen LogP contribution in [0, 0.1) is 5.92 Å². The summed E-state index contributed by atoms with van der Waals surface area (Å²) in [5.74, 6) is 0.769. The molecule has 2 N–H and O–H groups in total. The van der Waals surface area contributed by atoms with Gasteiger partial charge in [0.15, 0.2) is 0 Å². The Morgan fingerprint density at radius 3 is 2.87 bits per heavy atom. The maximum Gasteiger partial charge on any atom is 0.225 e. The van der Waals surface area contributed by atoms with Crippen LogP contribution in [-0.4, -0.2) is 16.0 Å². The topological polar surface area (TPSA) is 62.2 Å². The third-order valence-corrected chi connectivity index (χ3v) is 1.83. The second-order valence-corrected chi connectivity index (χ2v) is 3.82. The second kappa shape index (κ2) is 5.46. The SMILES string of the molecule is CC(C)CC(=O)Nc1cccc(CO)n1. The monoisotopic (exact) mass is 208 g/mol. The number of hydrogen-bond acceptors (Lipinski definition) is 3. The molecule has 0 saturated carbocycles. The number of aliphatic hydroxyl groups excluding tert-OH is 1. The lowest BCUT2D eigenvalue weighted by Crippen LogP contribution is -2.15. The van der Waals surface area contributed by atoms with Crippen LogP contribution < -0.4 is 5.32 Å². The van der Waals surface area contributed by atoms with E-state index in [-0.39, 0.29) is 12.5 Å². The van der Waals surface area contributed by atoms with Crippen LogP contribution in [0.1, 0.15) is 26.0 Å². The van der Waals surface area contributed by atoms with Gasteiger partial charge in [0.05, 0.1) is 12.3 Å². The van der Waals surface area contributed by atoms with Crippen molar-refractivity contribution in [2.45, 2.75) is 26.9 Å². The first kappa shape index (κ1) is 11.7. The van der Waals surface area contributed by atoms with Gasteiger partial charge in [-0.25, -0.2) is 4.98 Å². The van der Waals surface area contributed by atoms with Crippen LogP contribution in [0.15, 0.2) is 18.2 Å². The lowest BCUT2D eigenvalue weighted by atomic mass is 10.1. The maximum atomic E-state index is 11.4. The van der Waals surface area contributed by atoms with E-state index in [1.807, 2.05) is 13.8 Å². The van der Waals surface area contributed by atoms with E-state index in [9.17, 15) is 4.79 Å². The number of rotatable bonds is 4. The first-order valence-corrected chi connectivity index (χ1v) is 4.98. The number of carbonyl (C=O) groups is 1. The van der Waals surface area contributed by atoms with Gasteiger partial charge in [0.25, 0.3) is 0 Å². The zero-order valence-corrected chi connectivity index (χ0v) is 9.03. The summed E-state index contributed by atoms with van der Waals surface area (Å²) in [7, 11) is 0. The van der Waals surface area contributed by atoms with Crippen LogP contribution >= 0.6 is 0 Å². The number of nitrogens with one attached hydrogen (secondary N) is 1.